The summed E-state index contributed by atoms with van der Waals surface area (Å²) in [5, 5.41) is 10.7. The number of carbonyl (C=O) groups is 1. The molecule has 0 spiro atoms. The third-order valence-electron chi connectivity index (χ3n) is 3.47. The van der Waals surface area contributed by atoms with E-state index in [1.54, 1.807) is 18.2 Å². The lowest BCUT2D eigenvalue weighted by Crippen LogP contribution is -2.04. The van der Waals surface area contributed by atoms with Crippen LogP contribution in [0.3, 0.4) is 0 Å². The first-order valence-electron chi connectivity index (χ1n) is 6.48. The molecular weight excluding hydrogens is 268 g/mol. The number of fused-ring (bicyclic) bond motifs is 4. The molecule has 4 rings (SSSR count). The largest absolute Gasteiger partial charge is 0.478 e. The predicted molar refractivity (Wildman–Crippen MR) is 77.5 cm³/mol. The minimum absolute atomic E-state index is 0.201. The van der Waals surface area contributed by atoms with E-state index >= 15 is 0 Å². The molecule has 0 fully saturated rings. The number of carboxylic acids is 1. The van der Waals surface area contributed by atoms with E-state index in [-0.39, 0.29) is 5.56 Å². The normalized spacial score (nSPS) is 12.0. The van der Waals surface area contributed by atoms with Gasteiger partial charge in [0.2, 0.25) is 0 Å². The van der Waals surface area contributed by atoms with Gasteiger partial charge in [-0.15, -0.1) is 0 Å². The Bertz CT molecular complexity index is 883. The zero-order valence-corrected chi connectivity index (χ0v) is 10.9. The summed E-state index contributed by atoms with van der Waals surface area (Å²) in [4.78, 5) is 11.4. The Morgan fingerprint density at radius 3 is 2.14 bits per heavy atom. The van der Waals surface area contributed by atoms with Crippen molar-refractivity contribution >= 4 is 16.7 Å². The molecule has 102 valence electrons. The van der Waals surface area contributed by atoms with Crippen LogP contribution in [0, 0.1) is 0 Å². The van der Waals surface area contributed by atoms with E-state index in [1.165, 1.54) is 6.07 Å². The molecule has 0 amide bonds. The second-order valence-corrected chi connectivity index (χ2v) is 4.75. The molecule has 0 aliphatic carbocycles. The average molecular weight is 278 g/mol. The molecule has 0 radical (unpaired) electrons. The summed E-state index contributed by atoms with van der Waals surface area (Å²) in [6, 6.07) is 16.1. The Balaban J connectivity index is 2.02. The Kier molecular flexibility index (Phi) is 2.38. The van der Waals surface area contributed by atoms with Crippen molar-refractivity contribution in [2.24, 2.45) is 0 Å². The molecule has 1 N–H and O–H groups in total. The lowest BCUT2D eigenvalue weighted by Gasteiger charge is -2.22. The number of rotatable bonds is 1. The van der Waals surface area contributed by atoms with Gasteiger partial charge in [0.1, 0.15) is 0 Å². The molecule has 0 bridgehead atoms. The second kappa shape index (κ2) is 4.24. The lowest BCUT2D eigenvalue weighted by molar-refractivity contribution is 0.0698. The molecule has 3 aromatic carbocycles. The van der Waals surface area contributed by atoms with Gasteiger partial charge in [-0.05, 0) is 18.2 Å². The van der Waals surface area contributed by atoms with Crippen LogP contribution in [0.4, 0.5) is 0 Å². The van der Waals surface area contributed by atoms with Crippen LogP contribution in [0.1, 0.15) is 10.4 Å². The number of carboxylic acid groups (broad SMARTS) is 1. The lowest BCUT2D eigenvalue weighted by atomic mass is 10.0. The van der Waals surface area contributed by atoms with Gasteiger partial charge in [-0.25, -0.2) is 4.79 Å². The fraction of sp³-hybridized carbons (Fsp3) is 0. The number of para-hydroxylation sites is 2. The molecule has 0 aromatic heterocycles. The fourth-order valence-electron chi connectivity index (χ4n) is 2.53. The molecule has 0 saturated heterocycles. The van der Waals surface area contributed by atoms with Crippen LogP contribution < -0.4 is 9.47 Å². The van der Waals surface area contributed by atoms with E-state index < -0.39 is 5.97 Å². The van der Waals surface area contributed by atoms with Crippen molar-refractivity contribution in [3.05, 3.63) is 60.2 Å². The third kappa shape index (κ3) is 1.73. The van der Waals surface area contributed by atoms with Gasteiger partial charge in [0.25, 0.3) is 0 Å². The maximum absolute atomic E-state index is 11.4. The highest BCUT2D eigenvalue weighted by molar-refractivity contribution is 6.07. The monoisotopic (exact) mass is 278 g/mol. The van der Waals surface area contributed by atoms with Crippen molar-refractivity contribution in [2.45, 2.75) is 0 Å². The summed E-state index contributed by atoms with van der Waals surface area (Å²) in [5.74, 6) is 1.19. The number of aromatic carboxylic acids is 1. The highest BCUT2D eigenvalue weighted by atomic mass is 16.6. The third-order valence-corrected chi connectivity index (χ3v) is 3.47. The van der Waals surface area contributed by atoms with E-state index in [0.717, 1.165) is 5.39 Å². The number of hydrogen-bond donors (Lipinski definition) is 1. The highest BCUT2D eigenvalue weighted by Crippen LogP contribution is 2.49. The van der Waals surface area contributed by atoms with E-state index in [1.807, 2.05) is 30.3 Å². The zero-order valence-electron chi connectivity index (χ0n) is 10.9. The summed E-state index contributed by atoms with van der Waals surface area (Å²) in [7, 11) is 0. The minimum Gasteiger partial charge on any atom is -0.478 e. The summed E-state index contributed by atoms with van der Waals surface area (Å²) in [6.07, 6.45) is 0. The molecule has 4 heteroatoms. The quantitative estimate of drug-likeness (QED) is 0.559. The van der Waals surface area contributed by atoms with Crippen LogP contribution >= 0.6 is 0 Å². The SMILES string of the molecule is O=C(O)c1cc2c(c3ccccc13)Oc1ccccc1O2. The smallest absolute Gasteiger partial charge is 0.336 e. The molecule has 1 heterocycles. The molecule has 21 heavy (non-hydrogen) atoms. The molecule has 3 aromatic rings. The molecule has 0 saturated carbocycles. The summed E-state index contributed by atoms with van der Waals surface area (Å²) < 4.78 is 11.7. The first-order valence-corrected chi connectivity index (χ1v) is 6.48. The van der Waals surface area contributed by atoms with Gasteiger partial charge in [-0.2, -0.15) is 0 Å². The van der Waals surface area contributed by atoms with Gasteiger partial charge in [-0.1, -0.05) is 36.4 Å². The predicted octanol–water partition coefficient (Wildman–Crippen LogP) is 4.44. The zero-order chi connectivity index (χ0) is 14.4. The van der Waals surface area contributed by atoms with E-state index in [4.69, 9.17) is 9.47 Å². The van der Waals surface area contributed by atoms with Gasteiger partial charge in [0, 0.05) is 10.8 Å². The van der Waals surface area contributed by atoms with E-state index in [2.05, 4.69) is 0 Å². The first kappa shape index (κ1) is 11.8. The molecule has 4 nitrogen and oxygen atoms in total. The second-order valence-electron chi connectivity index (χ2n) is 4.75. The van der Waals surface area contributed by atoms with Crippen molar-refractivity contribution in [1.29, 1.82) is 0 Å². The number of benzene rings is 3. The van der Waals surface area contributed by atoms with E-state index in [9.17, 15) is 9.90 Å². The molecular formula is C17H10O4. The van der Waals surface area contributed by atoms with Crippen LogP contribution in [0.5, 0.6) is 23.0 Å². The Morgan fingerprint density at radius 1 is 0.810 bits per heavy atom. The van der Waals surface area contributed by atoms with Crippen LogP contribution in [-0.4, -0.2) is 11.1 Å². The maximum atomic E-state index is 11.4. The van der Waals surface area contributed by atoms with Crippen LogP contribution in [0.2, 0.25) is 0 Å². The number of hydrogen-bond acceptors (Lipinski definition) is 3. The molecule has 0 unspecified atom stereocenters. The topological polar surface area (TPSA) is 55.8 Å². The summed E-state index contributed by atoms with van der Waals surface area (Å²) >= 11 is 0. The summed E-state index contributed by atoms with van der Waals surface area (Å²) in [5.41, 5.74) is 0.201. The minimum atomic E-state index is -0.989. The van der Waals surface area contributed by atoms with Crippen LogP contribution in [0.15, 0.2) is 54.6 Å². The Labute approximate surface area is 120 Å². The summed E-state index contributed by atoms with van der Waals surface area (Å²) in [6.45, 7) is 0. The van der Waals surface area contributed by atoms with Crippen molar-refractivity contribution in [3.8, 4) is 23.0 Å². The van der Waals surface area contributed by atoms with Gasteiger partial charge in [0.15, 0.2) is 23.0 Å². The van der Waals surface area contributed by atoms with Crippen LogP contribution in [0.25, 0.3) is 10.8 Å². The number of ether oxygens (including phenoxy) is 2. The van der Waals surface area contributed by atoms with Crippen LogP contribution in [-0.2, 0) is 0 Å². The average Bonchev–Trinajstić information content (AvgIpc) is 2.52. The van der Waals surface area contributed by atoms with Crippen molar-refractivity contribution < 1.29 is 19.4 Å². The first-order chi connectivity index (χ1) is 10.2. The Hall–Kier alpha value is -3.01. The molecule has 0 atom stereocenters. The highest BCUT2D eigenvalue weighted by Gasteiger charge is 2.24. The standard InChI is InChI=1S/C17H10O4/c18-17(19)12-9-15-16(11-6-2-1-5-10(11)12)21-14-8-4-3-7-13(14)20-15/h1-9H,(H,18,19). The Morgan fingerprint density at radius 2 is 1.43 bits per heavy atom. The van der Waals surface area contributed by atoms with Gasteiger partial charge < -0.3 is 14.6 Å². The molecule has 1 aliphatic heterocycles. The van der Waals surface area contributed by atoms with Crippen molar-refractivity contribution in [2.75, 3.05) is 0 Å². The van der Waals surface area contributed by atoms with Gasteiger partial charge >= 0.3 is 5.97 Å². The van der Waals surface area contributed by atoms with Crippen molar-refractivity contribution in [3.63, 3.8) is 0 Å². The fourth-order valence-corrected chi connectivity index (χ4v) is 2.53. The molecule has 1 aliphatic rings. The van der Waals surface area contributed by atoms with Gasteiger partial charge in [0.05, 0.1) is 5.56 Å². The van der Waals surface area contributed by atoms with Crippen molar-refractivity contribution in [1.82, 2.24) is 0 Å². The van der Waals surface area contributed by atoms with E-state index in [0.29, 0.717) is 28.4 Å². The van der Waals surface area contributed by atoms with Gasteiger partial charge in [-0.3, -0.25) is 0 Å². The maximum Gasteiger partial charge on any atom is 0.336 e.